The van der Waals surface area contributed by atoms with E-state index in [2.05, 4.69) is 10.6 Å². The van der Waals surface area contributed by atoms with Gasteiger partial charge in [-0.1, -0.05) is 42.5 Å². The smallest absolute Gasteiger partial charge is 0.249 e. The van der Waals surface area contributed by atoms with Crippen LogP contribution in [0.5, 0.6) is 5.75 Å². The van der Waals surface area contributed by atoms with Gasteiger partial charge in [-0.3, -0.25) is 9.59 Å². The Balaban J connectivity index is 1.59. The van der Waals surface area contributed by atoms with Crippen molar-refractivity contribution in [3.05, 3.63) is 77.9 Å². The van der Waals surface area contributed by atoms with E-state index < -0.39 is 27.7 Å². The quantitative estimate of drug-likeness (QED) is 0.261. The fraction of sp³-hybridized carbons (Fsp3) is 0.375. The van der Waals surface area contributed by atoms with Crippen LogP contribution in [0, 0.1) is 0 Å². The molecule has 1 heterocycles. The van der Waals surface area contributed by atoms with Gasteiger partial charge in [0.05, 0.1) is 24.7 Å². The Morgan fingerprint density at radius 2 is 1.84 bits per heavy atom. The molecule has 3 aromatic rings. The summed E-state index contributed by atoms with van der Waals surface area (Å²) in [7, 11) is -2.32. The Kier molecular flexibility index (Phi) is 9.91. The molecule has 2 amide bonds. The van der Waals surface area contributed by atoms with Gasteiger partial charge in [0.2, 0.25) is 21.8 Å². The van der Waals surface area contributed by atoms with Crippen LogP contribution in [0.25, 0.3) is 11.1 Å². The molecule has 0 aromatic heterocycles. The molecule has 0 saturated heterocycles. The number of nitrogens with two attached hydrogens (primary N) is 1. The molecule has 0 unspecified atom stereocenters. The highest BCUT2D eigenvalue weighted by atomic mass is 32.2. The lowest BCUT2D eigenvalue weighted by Crippen LogP contribution is -2.51. The second-order valence-corrected chi connectivity index (χ2v) is 13.1. The van der Waals surface area contributed by atoms with Crippen molar-refractivity contribution in [1.29, 1.82) is 0 Å². The highest BCUT2D eigenvalue weighted by Gasteiger charge is 2.33. The SMILES string of the molecule is COc1ccc2c(c1)CC[C@@H](NC(=O)CC(C)(C)NC[C@@H](C)O)C(=O)N2Cc1ccc(-c2ccccc2S(N)(=O)=O)cc1. The molecule has 0 radical (unpaired) electrons. The largest absolute Gasteiger partial charge is 0.497 e. The third-order valence-electron chi connectivity index (χ3n) is 7.46. The van der Waals surface area contributed by atoms with Gasteiger partial charge in [0, 0.05) is 29.8 Å². The monoisotopic (exact) mass is 608 g/mol. The number of amides is 2. The van der Waals surface area contributed by atoms with Crippen molar-refractivity contribution in [2.45, 2.75) is 69.2 Å². The summed E-state index contributed by atoms with van der Waals surface area (Å²) in [5, 5.41) is 21.2. The van der Waals surface area contributed by atoms with Crippen LogP contribution in [0.4, 0.5) is 5.69 Å². The first-order chi connectivity index (χ1) is 20.3. The van der Waals surface area contributed by atoms with Crippen LogP contribution in [0.1, 0.15) is 44.7 Å². The minimum Gasteiger partial charge on any atom is -0.497 e. The number of hydrogen-bond donors (Lipinski definition) is 4. The number of hydrogen-bond acceptors (Lipinski definition) is 7. The zero-order valence-corrected chi connectivity index (χ0v) is 25.8. The number of methoxy groups -OCH3 is 1. The van der Waals surface area contributed by atoms with Gasteiger partial charge in [-0.2, -0.15) is 0 Å². The number of nitrogens with zero attached hydrogens (tertiary/aromatic N) is 1. The Labute approximate surface area is 253 Å². The van der Waals surface area contributed by atoms with E-state index in [9.17, 15) is 23.1 Å². The first kappa shape index (κ1) is 32.2. The number of fused-ring (bicyclic) bond motifs is 1. The van der Waals surface area contributed by atoms with Crippen molar-refractivity contribution in [3.8, 4) is 16.9 Å². The van der Waals surface area contributed by atoms with E-state index in [1.54, 1.807) is 49.3 Å². The summed E-state index contributed by atoms with van der Waals surface area (Å²) in [6.07, 6.45) is 0.567. The lowest BCUT2D eigenvalue weighted by atomic mass is 9.99. The summed E-state index contributed by atoms with van der Waals surface area (Å²) >= 11 is 0. The maximum absolute atomic E-state index is 14.0. The maximum Gasteiger partial charge on any atom is 0.249 e. The summed E-state index contributed by atoms with van der Waals surface area (Å²) in [4.78, 5) is 28.8. The van der Waals surface area contributed by atoms with Crippen molar-refractivity contribution in [1.82, 2.24) is 10.6 Å². The standard InChI is InChI=1S/C32H40N4O6S/c1-21(37)19-34-32(2,3)18-30(38)35-27-15-13-24-17-25(42-4)14-16-28(24)36(31(27)39)20-22-9-11-23(12-10-22)26-7-5-6-8-29(26)43(33,40)41/h5-12,14,16-17,21,27,34,37H,13,15,18-20H2,1-4H3,(H,35,38)(H2,33,40,41)/t21-,27-/m1/s1. The van der Waals surface area contributed by atoms with Crippen molar-refractivity contribution in [3.63, 3.8) is 0 Å². The second kappa shape index (κ2) is 13.3. The van der Waals surface area contributed by atoms with E-state index in [1.807, 2.05) is 44.2 Å². The fourth-order valence-corrected chi connectivity index (χ4v) is 6.00. The lowest BCUT2D eigenvalue weighted by Gasteiger charge is -2.29. The van der Waals surface area contributed by atoms with Gasteiger partial charge in [-0.25, -0.2) is 13.6 Å². The number of nitrogens with one attached hydrogen (secondary N) is 2. The highest BCUT2D eigenvalue weighted by Crippen LogP contribution is 2.33. The minimum atomic E-state index is -3.91. The number of aliphatic hydroxyl groups excluding tert-OH is 1. The number of aryl methyl sites for hydroxylation is 1. The van der Waals surface area contributed by atoms with Gasteiger partial charge in [-0.15, -0.1) is 0 Å². The van der Waals surface area contributed by atoms with Crippen LogP contribution in [-0.2, 0) is 32.6 Å². The predicted octanol–water partition coefficient (Wildman–Crippen LogP) is 3.11. The average Bonchev–Trinajstić information content (AvgIpc) is 3.07. The van der Waals surface area contributed by atoms with Crippen LogP contribution in [0.3, 0.4) is 0 Å². The van der Waals surface area contributed by atoms with Crippen LogP contribution >= 0.6 is 0 Å². The number of anilines is 1. The molecule has 10 nitrogen and oxygen atoms in total. The van der Waals surface area contributed by atoms with Crippen LogP contribution in [0.2, 0.25) is 0 Å². The van der Waals surface area contributed by atoms with Gasteiger partial charge >= 0.3 is 0 Å². The maximum atomic E-state index is 14.0. The molecule has 0 aliphatic carbocycles. The number of ether oxygens (including phenoxy) is 1. The summed E-state index contributed by atoms with van der Waals surface area (Å²) < 4.78 is 29.7. The van der Waals surface area contributed by atoms with Gasteiger partial charge in [0.1, 0.15) is 11.8 Å². The molecule has 0 bridgehead atoms. The molecular formula is C32H40N4O6S. The number of carbonyl (C=O) groups excluding carboxylic acids is 2. The van der Waals surface area contributed by atoms with Gasteiger partial charge < -0.3 is 25.4 Å². The van der Waals surface area contributed by atoms with Gasteiger partial charge in [0.25, 0.3) is 0 Å². The lowest BCUT2D eigenvalue weighted by molar-refractivity contribution is -0.128. The van der Waals surface area contributed by atoms with Crippen LogP contribution in [-0.4, -0.2) is 56.7 Å². The molecule has 3 aromatic carbocycles. The molecular weight excluding hydrogens is 568 g/mol. The normalized spacial score (nSPS) is 16.3. The topological polar surface area (TPSA) is 151 Å². The summed E-state index contributed by atoms with van der Waals surface area (Å²) in [5.41, 5.74) is 3.09. The number of aliphatic hydroxyl groups is 1. The molecule has 4 rings (SSSR count). The average molecular weight is 609 g/mol. The number of carbonyl (C=O) groups is 2. The van der Waals surface area contributed by atoms with Crippen molar-refractivity contribution in [2.75, 3.05) is 18.6 Å². The van der Waals surface area contributed by atoms with Crippen LogP contribution in [0.15, 0.2) is 71.6 Å². The van der Waals surface area contributed by atoms with Crippen molar-refractivity contribution < 1.29 is 27.9 Å². The van der Waals surface area contributed by atoms with E-state index in [0.717, 1.165) is 16.8 Å². The third-order valence-corrected chi connectivity index (χ3v) is 8.43. The zero-order chi connectivity index (χ0) is 31.4. The molecule has 5 N–H and O–H groups in total. The minimum absolute atomic E-state index is 0.0381. The van der Waals surface area contributed by atoms with E-state index in [4.69, 9.17) is 9.88 Å². The molecule has 1 aliphatic heterocycles. The molecule has 2 atom stereocenters. The molecule has 0 saturated carbocycles. The highest BCUT2D eigenvalue weighted by molar-refractivity contribution is 7.89. The molecule has 0 spiro atoms. The number of sulfonamides is 1. The molecule has 1 aliphatic rings. The first-order valence-electron chi connectivity index (χ1n) is 14.2. The van der Waals surface area contributed by atoms with E-state index in [-0.39, 0.29) is 29.7 Å². The molecule has 0 fully saturated rings. The van der Waals surface area contributed by atoms with Crippen molar-refractivity contribution >= 4 is 27.5 Å². The van der Waals surface area contributed by atoms with E-state index >= 15 is 0 Å². The van der Waals surface area contributed by atoms with Crippen molar-refractivity contribution in [2.24, 2.45) is 5.14 Å². The second-order valence-electron chi connectivity index (χ2n) is 11.6. The molecule has 43 heavy (non-hydrogen) atoms. The van der Waals surface area contributed by atoms with Gasteiger partial charge in [0.15, 0.2) is 0 Å². The Morgan fingerprint density at radius 1 is 1.14 bits per heavy atom. The van der Waals surface area contributed by atoms with Crippen LogP contribution < -0.4 is 25.4 Å². The predicted molar refractivity (Wildman–Crippen MR) is 166 cm³/mol. The molecule has 11 heteroatoms. The third kappa shape index (κ3) is 8.20. The summed E-state index contributed by atoms with van der Waals surface area (Å²) in [5.74, 6) is 0.191. The molecule has 230 valence electrons. The fourth-order valence-electron chi connectivity index (χ4n) is 5.24. The summed E-state index contributed by atoms with van der Waals surface area (Å²) in [6.45, 7) is 6.02. The van der Waals surface area contributed by atoms with Gasteiger partial charge in [-0.05, 0) is 74.6 Å². The number of primary sulfonamides is 1. The first-order valence-corrected chi connectivity index (χ1v) is 15.7. The van der Waals surface area contributed by atoms with E-state index in [1.165, 1.54) is 6.07 Å². The number of rotatable bonds is 11. The Morgan fingerprint density at radius 3 is 2.49 bits per heavy atom. The zero-order valence-electron chi connectivity index (χ0n) is 25.0. The number of β-amino-alcohol motifs (C(OH)–C–C–N with tert-alkyl or cyclic N) is 1. The van der Waals surface area contributed by atoms with E-state index in [0.29, 0.717) is 36.3 Å². The Hall–Kier alpha value is -3.77. The Bertz CT molecular complexity index is 1570. The summed E-state index contributed by atoms with van der Waals surface area (Å²) in [6, 6.07) is 18.7. The number of benzene rings is 3.